The molecule has 5 heteroatoms. The largest absolute Gasteiger partial charge is 0.393 e. The Bertz CT molecular complexity index is 690. The summed E-state index contributed by atoms with van der Waals surface area (Å²) < 4.78 is 27.4. The molecule has 0 bridgehead atoms. The first kappa shape index (κ1) is 14.2. The van der Waals surface area contributed by atoms with Crippen molar-refractivity contribution >= 4 is 16.6 Å². The molecule has 0 saturated carbocycles. The van der Waals surface area contributed by atoms with E-state index in [1.54, 1.807) is 13.0 Å². The summed E-state index contributed by atoms with van der Waals surface area (Å²) in [6.45, 7) is 5.16. The molecule has 1 aromatic heterocycles. The fourth-order valence-electron chi connectivity index (χ4n) is 2.95. The summed E-state index contributed by atoms with van der Waals surface area (Å²) in [6.07, 6.45) is 0.373. The summed E-state index contributed by atoms with van der Waals surface area (Å²) in [7, 11) is 0. The van der Waals surface area contributed by atoms with Crippen molar-refractivity contribution in [3.8, 4) is 0 Å². The number of piperidine rings is 1. The minimum Gasteiger partial charge on any atom is -0.393 e. The second kappa shape index (κ2) is 5.22. The summed E-state index contributed by atoms with van der Waals surface area (Å²) in [5.74, 6) is -1.64. The lowest BCUT2D eigenvalue weighted by Gasteiger charge is -2.36. The van der Waals surface area contributed by atoms with Crippen molar-refractivity contribution in [1.82, 2.24) is 4.98 Å². The molecule has 3 rings (SSSR count). The zero-order valence-electron chi connectivity index (χ0n) is 12.1. The van der Waals surface area contributed by atoms with Gasteiger partial charge in [0.2, 0.25) is 0 Å². The van der Waals surface area contributed by atoms with Crippen LogP contribution in [0.4, 0.5) is 14.5 Å². The number of halogens is 2. The topological polar surface area (TPSA) is 36.4 Å². The molecule has 3 nitrogen and oxygen atoms in total. The highest BCUT2D eigenvalue weighted by Crippen LogP contribution is 2.32. The van der Waals surface area contributed by atoms with E-state index >= 15 is 0 Å². The van der Waals surface area contributed by atoms with Gasteiger partial charge in [0.15, 0.2) is 11.6 Å². The number of hydrogen-bond donors (Lipinski definition) is 1. The second-order valence-electron chi connectivity index (χ2n) is 5.82. The quantitative estimate of drug-likeness (QED) is 0.877. The Hall–Kier alpha value is -1.75. The molecule has 1 aliphatic rings. The predicted molar refractivity (Wildman–Crippen MR) is 78.4 cm³/mol. The molecular weight excluding hydrogens is 274 g/mol. The van der Waals surface area contributed by atoms with Gasteiger partial charge in [-0.25, -0.2) is 13.8 Å². The van der Waals surface area contributed by atoms with E-state index in [4.69, 9.17) is 0 Å². The van der Waals surface area contributed by atoms with Crippen LogP contribution in [0.2, 0.25) is 0 Å². The van der Waals surface area contributed by atoms with Gasteiger partial charge in [-0.2, -0.15) is 0 Å². The molecule has 0 amide bonds. The van der Waals surface area contributed by atoms with Gasteiger partial charge in [-0.05, 0) is 37.5 Å². The highest BCUT2D eigenvalue weighted by molar-refractivity contribution is 5.92. The number of anilines is 1. The summed E-state index contributed by atoms with van der Waals surface area (Å²) >= 11 is 0. The Morgan fingerprint density at radius 1 is 1.33 bits per heavy atom. The molecule has 0 aliphatic carbocycles. The van der Waals surface area contributed by atoms with Gasteiger partial charge in [0.25, 0.3) is 0 Å². The molecular formula is C16H18F2N2O. The fraction of sp³-hybridized carbons (Fsp3) is 0.438. The molecule has 2 heterocycles. The molecule has 1 aliphatic heterocycles. The fourth-order valence-corrected chi connectivity index (χ4v) is 2.95. The number of aliphatic hydroxyl groups is 1. The number of aromatic nitrogens is 1. The molecule has 2 atom stereocenters. The first-order valence-corrected chi connectivity index (χ1v) is 7.15. The molecule has 1 fully saturated rings. The standard InChI is InChI=1S/C16H18F2N2O/c1-9-8-20(6-5-14(9)21)13-7-10(2)19-16-11(13)3-4-12(17)15(16)18/h3-4,7,9,14,21H,5-6,8H2,1-2H3/t9-,14-/m1/s1. The molecule has 0 spiro atoms. The number of pyridine rings is 1. The van der Waals surface area contributed by atoms with E-state index in [0.29, 0.717) is 30.6 Å². The van der Waals surface area contributed by atoms with Gasteiger partial charge in [-0.15, -0.1) is 0 Å². The van der Waals surface area contributed by atoms with Crippen LogP contribution in [-0.4, -0.2) is 29.3 Å². The smallest absolute Gasteiger partial charge is 0.185 e. The van der Waals surface area contributed by atoms with Crippen LogP contribution in [0.1, 0.15) is 19.0 Å². The van der Waals surface area contributed by atoms with Crippen LogP contribution in [0.25, 0.3) is 10.9 Å². The van der Waals surface area contributed by atoms with Crippen LogP contribution in [0.15, 0.2) is 18.2 Å². The maximum Gasteiger partial charge on any atom is 0.185 e. The summed E-state index contributed by atoms with van der Waals surface area (Å²) in [4.78, 5) is 6.25. The zero-order valence-corrected chi connectivity index (χ0v) is 12.1. The van der Waals surface area contributed by atoms with Gasteiger partial charge < -0.3 is 10.0 Å². The van der Waals surface area contributed by atoms with Crippen LogP contribution in [0.3, 0.4) is 0 Å². The van der Waals surface area contributed by atoms with Crippen LogP contribution in [0, 0.1) is 24.5 Å². The Morgan fingerprint density at radius 2 is 2.10 bits per heavy atom. The van der Waals surface area contributed by atoms with Gasteiger partial charge in [0.1, 0.15) is 5.52 Å². The maximum atomic E-state index is 14.0. The van der Waals surface area contributed by atoms with E-state index in [1.165, 1.54) is 0 Å². The minimum atomic E-state index is -0.900. The number of hydrogen-bond acceptors (Lipinski definition) is 3. The number of aliphatic hydroxyl groups excluding tert-OH is 1. The first-order valence-electron chi connectivity index (χ1n) is 7.15. The maximum absolute atomic E-state index is 14.0. The van der Waals surface area contributed by atoms with Crippen LogP contribution < -0.4 is 4.90 Å². The van der Waals surface area contributed by atoms with Crippen molar-refractivity contribution in [2.24, 2.45) is 5.92 Å². The molecule has 1 aromatic carbocycles. The SMILES string of the molecule is Cc1cc(N2CC[C@@H](O)[C@H](C)C2)c2ccc(F)c(F)c2n1. The van der Waals surface area contributed by atoms with Crippen molar-refractivity contribution < 1.29 is 13.9 Å². The van der Waals surface area contributed by atoms with Crippen molar-refractivity contribution in [3.05, 3.63) is 35.5 Å². The Morgan fingerprint density at radius 3 is 2.81 bits per heavy atom. The molecule has 21 heavy (non-hydrogen) atoms. The van der Waals surface area contributed by atoms with Gasteiger partial charge in [0, 0.05) is 29.9 Å². The lowest BCUT2D eigenvalue weighted by Crippen LogP contribution is -2.42. The minimum absolute atomic E-state index is 0.0729. The average Bonchev–Trinajstić information content (AvgIpc) is 2.45. The third-order valence-corrected chi connectivity index (χ3v) is 4.18. The molecule has 1 saturated heterocycles. The van der Waals surface area contributed by atoms with Gasteiger partial charge >= 0.3 is 0 Å². The van der Waals surface area contributed by atoms with Crippen molar-refractivity contribution in [2.75, 3.05) is 18.0 Å². The van der Waals surface area contributed by atoms with Crippen LogP contribution in [-0.2, 0) is 0 Å². The third-order valence-electron chi connectivity index (χ3n) is 4.18. The Kier molecular flexibility index (Phi) is 3.53. The molecule has 0 radical (unpaired) electrons. The number of nitrogens with zero attached hydrogens (tertiary/aromatic N) is 2. The van der Waals surface area contributed by atoms with Gasteiger partial charge in [0.05, 0.1) is 6.10 Å². The summed E-state index contributed by atoms with van der Waals surface area (Å²) in [5, 5.41) is 10.5. The molecule has 2 aromatic rings. The van der Waals surface area contributed by atoms with Crippen molar-refractivity contribution in [2.45, 2.75) is 26.4 Å². The van der Waals surface area contributed by atoms with E-state index < -0.39 is 11.6 Å². The zero-order chi connectivity index (χ0) is 15.1. The third kappa shape index (κ3) is 2.46. The lowest BCUT2D eigenvalue weighted by atomic mass is 9.95. The average molecular weight is 292 g/mol. The van der Waals surface area contributed by atoms with Crippen LogP contribution >= 0.6 is 0 Å². The summed E-state index contributed by atoms with van der Waals surface area (Å²) in [6, 6.07) is 4.61. The molecule has 1 N–H and O–H groups in total. The van der Waals surface area contributed by atoms with E-state index in [9.17, 15) is 13.9 Å². The van der Waals surface area contributed by atoms with E-state index in [2.05, 4.69) is 9.88 Å². The van der Waals surface area contributed by atoms with Crippen molar-refractivity contribution in [3.63, 3.8) is 0 Å². The number of aryl methyl sites for hydroxylation is 1. The van der Waals surface area contributed by atoms with E-state index in [0.717, 1.165) is 11.8 Å². The number of benzene rings is 1. The second-order valence-corrected chi connectivity index (χ2v) is 5.82. The number of rotatable bonds is 1. The highest BCUT2D eigenvalue weighted by atomic mass is 19.2. The Labute approximate surface area is 122 Å². The lowest BCUT2D eigenvalue weighted by molar-refractivity contribution is 0.0971. The Balaban J connectivity index is 2.12. The number of fused-ring (bicyclic) bond motifs is 1. The highest BCUT2D eigenvalue weighted by Gasteiger charge is 2.26. The molecule has 112 valence electrons. The molecule has 0 unspecified atom stereocenters. The predicted octanol–water partition coefficient (Wildman–Crippen LogP) is 3.03. The van der Waals surface area contributed by atoms with Crippen LogP contribution in [0.5, 0.6) is 0 Å². The van der Waals surface area contributed by atoms with Crippen molar-refractivity contribution in [1.29, 1.82) is 0 Å². The summed E-state index contributed by atoms with van der Waals surface area (Å²) in [5.41, 5.74) is 1.58. The van der Waals surface area contributed by atoms with Gasteiger partial charge in [-0.1, -0.05) is 6.92 Å². The van der Waals surface area contributed by atoms with E-state index in [1.807, 2.05) is 13.0 Å². The normalized spacial score (nSPS) is 22.8. The van der Waals surface area contributed by atoms with Gasteiger partial charge in [-0.3, -0.25) is 0 Å². The monoisotopic (exact) mass is 292 g/mol. The van der Waals surface area contributed by atoms with E-state index in [-0.39, 0.29) is 17.5 Å². The first-order chi connectivity index (χ1) is 9.97.